The van der Waals surface area contributed by atoms with Crippen LogP contribution in [-0.4, -0.2) is 24.1 Å². The van der Waals surface area contributed by atoms with Crippen LogP contribution in [0.4, 0.5) is 5.69 Å². The third-order valence-corrected chi connectivity index (χ3v) is 3.19. The second kappa shape index (κ2) is 6.50. The molecule has 19 heavy (non-hydrogen) atoms. The molecular formula is C12H14BrN3O3. The first kappa shape index (κ1) is 15.4. The molecular weight excluding hydrogens is 314 g/mol. The molecule has 1 N–H and O–H groups in total. The zero-order valence-electron chi connectivity index (χ0n) is 10.6. The lowest BCUT2D eigenvalue weighted by Gasteiger charge is -2.20. The number of non-ortho nitro benzene ring substituents is 1. The molecule has 0 saturated carbocycles. The highest BCUT2D eigenvalue weighted by Gasteiger charge is 2.21. The summed E-state index contributed by atoms with van der Waals surface area (Å²) < 4.78 is 6.03. The Morgan fingerprint density at radius 3 is 2.79 bits per heavy atom. The quantitative estimate of drug-likeness (QED) is 0.640. The highest BCUT2D eigenvalue weighted by molar-refractivity contribution is 9.10. The normalized spacial score (nSPS) is 13.4. The van der Waals surface area contributed by atoms with E-state index in [1.165, 1.54) is 12.1 Å². The van der Waals surface area contributed by atoms with Gasteiger partial charge in [-0.15, -0.1) is 0 Å². The van der Waals surface area contributed by atoms with Crippen LogP contribution in [0.2, 0.25) is 0 Å². The molecule has 1 unspecified atom stereocenters. The van der Waals surface area contributed by atoms with Gasteiger partial charge in [-0.25, -0.2) is 0 Å². The van der Waals surface area contributed by atoms with Gasteiger partial charge >= 0.3 is 0 Å². The molecule has 7 heteroatoms. The van der Waals surface area contributed by atoms with Crippen molar-refractivity contribution in [3.63, 3.8) is 0 Å². The molecule has 0 radical (unpaired) electrons. The molecule has 0 saturated heterocycles. The Bertz CT molecular complexity index is 515. The number of nitrogens with one attached hydrogen (secondary N) is 1. The molecule has 1 aromatic rings. The minimum absolute atomic E-state index is 0.0407. The van der Waals surface area contributed by atoms with E-state index in [-0.39, 0.29) is 5.69 Å². The van der Waals surface area contributed by atoms with Crippen molar-refractivity contribution >= 4 is 21.6 Å². The van der Waals surface area contributed by atoms with E-state index in [1.54, 1.807) is 20.0 Å². The maximum atomic E-state index is 10.7. The molecule has 0 aromatic heterocycles. The second-order valence-corrected chi connectivity index (χ2v) is 5.11. The fourth-order valence-corrected chi connectivity index (χ4v) is 1.81. The average molecular weight is 328 g/mol. The van der Waals surface area contributed by atoms with E-state index in [4.69, 9.17) is 10.00 Å². The van der Waals surface area contributed by atoms with Gasteiger partial charge in [0.25, 0.3) is 5.69 Å². The van der Waals surface area contributed by atoms with Crippen molar-refractivity contribution in [3.05, 3.63) is 32.8 Å². The number of nitro groups is 1. The predicted octanol–water partition coefficient (Wildman–Crippen LogP) is 2.63. The lowest BCUT2D eigenvalue weighted by Crippen LogP contribution is -2.39. The zero-order valence-corrected chi connectivity index (χ0v) is 12.2. The van der Waals surface area contributed by atoms with E-state index in [0.717, 1.165) is 0 Å². The summed E-state index contributed by atoms with van der Waals surface area (Å²) in [5.74, 6) is 0.400. The number of hydrogen-bond acceptors (Lipinski definition) is 5. The Morgan fingerprint density at radius 2 is 2.26 bits per heavy atom. The maximum Gasteiger partial charge on any atom is 0.274 e. The van der Waals surface area contributed by atoms with Crippen molar-refractivity contribution in [3.8, 4) is 11.8 Å². The van der Waals surface area contributed by atoms with E-state index in [2.05, 4.69) is 27.3 Å². The standard InChI is InChI=1S/C12H14BrN3O3/c1-12(8-14,15-2)3-4-19-11-6-9(13)5-10(7-11)16(17)18/h5-7,15H,3-4H2,1-2H3. The summed E-state index contributed by atoms with van der Waals surface area (Å²) in [5, 5.41) is 22.6. The summed E-state index contributed by atoms with van der Waals surface area (Å²) in [6, 6.07) is 6.55. The maximum absolute atomic E-state index is 10.7. The molecule has 1 aromatic carbocycles. The van der Waals surface area contributed by atoms with Gasteiger partial charge in [0.05, 0.1) is 23.7 Å². The number of ether oxygens (including phenoxy) is 1. The monoisotopic (exact) mass is 327 g/mol. The van der Waals surface area contributed by atoms with Crippen molar-refractivity contribution in [2.75, 3.05) is 13.7 Å². The number of halogens is 1. The Morgan fingerprint density at radius 1 is 1.58 bits per heavy atom. The number of benzene rings is 1. The van der Waals surface area contributed by atoms with Gasteiger partial charge in [0.15, 0.2) is 0 Å². The summed E-state index contributed by atoms with van der Waals surface area (Å²) in [5.41, 5.74) is -0.709. The van der Waals surface area contributed by atoms with Gasteiger partial charge in [-0.2, -0.15) is 5.26 Å². The second-order valence-electron chi connectivity index (χ2n) is 4.19. The first-order valence-electron chi connectivity index (χ1n) is 5.58. The number of nitriles is 1. The van der Waals surface area contributed by atoms with E-state index >= 15 is 0 Å². The van der Waals surface area contributed by atoms with Crippen molar-refractivity contribution in [1.82, 2.24) is 5.32 Å². The van der Waals surface area contributed by atoms with E-state index in [1.807, 2.05) is 0 Å². The van der Waals surface area contributed by atoms with Crippen molar-refractivity contribution in [2.45, 2.75) is 18.9 Å². The lowest BCUT2D eigenvalue weighted by molar-refractivity contribution is -0.385. The summed E-state index contributed by atoms with van der Waals surface area (Å²) >= 11 is 3.19. The van der Waals surface area contributed by atoms with Crippen molar-refractivity contribution in [1.29, 1.82) is 5.26 Å². The first-order valence-corrected chi connectivity index (χ1v) is 6.37. The smallest absolute Gasteiger partial charge is 0.274 e. The molecule has 0 amide bonds. The zero-order chi connectivity index (χ0) is 14.5. The molecule has 1 atom stereocenters. The fourth-order valence-electron chi connectivity index (χ4n) is 1.35. The third kappa shape index (κ3) is 4.50. The van der Waals surface area contributed by atoms with Crippen LogP contribution in [0, 0.1) is 21.4 Å². The van der Waals surface area contributed by atoms with Crippen LogP contribution < -0.4 is 10.1 Å². The fraction of sp³-hybridized carbons (Fsp3) is 0.417. The third-order valence-electron chi connectivity index (χ3n) is 2.74. The Hall–Kier alpha value is -1.65. The molecule has 0 bridgehead atoms. The summed E-state index contributed by atoms with van der Waals surface area (Å²) in [7, 11) is 1.70. The van der Waals surface area contributed by atoms with Gasteiger partial charge in [-0.3, -0.25) is 10.1 Å². The van der Waals surface area contributed by atoms with Crippen LogP contribution in [0.25, 0.3) is 0 Å². The molecule has 0 heterocycles. The number of nitro benzene ring substituents is 1. The van der Waals surface area contributed by atoms with Crippen molar-refractivity contribution < 1.29 is 9.66 Å². The van der Waals surface area contributed by atoms with Gasteiger partial charge in [0.2, 0.25) is 0 Å². The Balaban J connectivity index is 2.69. The number of hydrogen-bond donors (Lipinski definition) is 1. The molecule has 0 aliphatic rings. The van der Waals surface area contributed by atoms with E-state index in [0.29, 0.717) is 23.2 Å². The molecule has 6 nitrogen and oxygen atoms in total. The van der Waals surface area contributed by atoms with Crippen LogP contribution in [0.1, 0.15) is 13.3 Å². The van der Waals surface area contributed by atoms with E-state index in [9.17, 15) is 10.1 Å². The van der Waals surface area contributed by atoms with Gasteiger partial charge in [-0.05, 0) is 20.0 Å². The average Bonchev–Trinajstić information content (AvgIpc) is 2.37. The molecule has 0 aliphatic carbocycles. The number of nitrogens with zero attached hydrogens (tertiary/aromatic N) is 2. The summed E-state index contributed by atoms with van der Waals surface area (Å²) in [6.07, 6.45) is 0.473. The van der Waals surface area contributed by atoms with Gasteiger partial charge < -0.3 is 10.1 Å². The highest BCUT2D eigenvalue weighted by atomic mass is 79.9. The van der Waals surface area contributed by atoms with E-state index < -0.39 is 10.5 Å². The molecule has 102 valence electrons. The van der Waals surface area contributed by atoms with Crippen LogP contribution in [0.3, 0.4) is 0 Å². The lowest BCUT2D eigenvalue weighted by atomic mass is 10.0. The van der Waals surface area contributed by atoms with Gasteiger partial charge in [0, 0.05) is 17.0 Å². The molecule has 0 aliphatic heterocycles. The molecule has 0 spiro atoms. The minimum Gasteiger partial charge on any atom is -0.493 e. The first-order chi connectivity index (χ1) is 8.90. The minimum atomic E-state index is -0.669. The van der Waals surface area contributed by atoms with Crippen LogP contribution in [-0.2, 0) is 0 Å². The van der Waals surface area contributed by atoms with Crippen LogP contribution in [0.15, 0.2) is 22.7 Å². The highest BCUT2D eigenvalue weighted by Crippen LogP contribution is 2.26. The van der Waals surface area contributed by atoms with Crippen LogP contribution >= 0.6 is 15.9 Å². The SMILES string of the molecule is CNC(C)(C#N)CCOc1cc(Br)cc([N+](=O)[O-])c1. The summed E-state index contributed by atoms with van der Waals surface area (Å²) in [4.78, 5) is 10.2. The van der Waals surface area contributed by atoms with Crippen LogP contribution in [0.5, 0.6) is 5.75 Å². The van der Waals surface area contributed by atoms with Gasteiger partial charge in [0.1, 0.15) is 11.3 Å². The summed E-state index contributed by atoms with van der Waals surface area (Å²) in [6.45, 7) is 2.05. The van der Waals surface area contributed by atoms with Crippen molar-refractivity contribution in [2.24, 2.45) is 0 Å². The predicted molar refractivity (Wildman–Crippen MR) is 74.0 cm³/mol. The molecule has 0 fully saturated rings. The van der Waals surface area contributed by atoms with Gasteiger partial charge in [-0.1, -0.05) is 15.9 Å². The Kier molecular flexibility index (Phi) is 5.27. The topological polar surface area (TPSA) is 88.2 Å². The Labute approximate surface area is 119 Å². The number of rotatable bonds is 6. The molecule has 1 rings (SSSR count). The largest absolute Gasteiger partial charge is 0.493 e.